The van der Waals surface area contributed by atoms with Gasteiger partial charge in [0.15, 0.2) is 0 Å². The zero-order chi connectivity index (χ0) is 18.7. The van der Waals surface area contributed by atoms with Crippen LogP contribution in [0.15, 0.2) is 42.5 Å². The molecule has 1 amide bonds. The van der Waals surface area contributed by atoms with Gasteiger partial charge in [0.1, 0.15) is 11.6 Å². The van der Waals surface area contributed by atoms with Gasteiger partial charge in [0.2, 0.25) is 5.91 Å². The Balaban J connectivity index is 1.75. The van der Waals surface area contributed by atoms with Crippen molar-refractivity contribution in [1.29, 1.82) is 0 Å². The molecule has 1 saturated heterocycles. The van der Waals surface area contributed by atoms with Gasteiger partial charge < -0.3 is 20.8 Å². The van der Waals surface area contributed by atoms with Crippen molar-refractivity contribution in [3.63, 3.8) is 0 Å². The van der Waals surface area contributed by atoms with Gasteiger partial charge in [0, 0.05) is 6.54 Å². The Hall–Kier alpha value is -2.35. The van der Waals surface area contributed by atoms with Gasteiger partial charge in [0.25, 0.3) is 0 Å². The molecule has 2 aromatic carbocycles. The smallest absolute Gasteiger partial charge is 0.237 e. The van der Waals surface area contributed by atoms with E-state index in [9.17, 15) is 23.8 Å². The van der Waals surface area contributed by atoms with Gasteiger partial charge in [-0.25, -0.2) is 8.78 Å². The van der Waals surface area contributed by atoms with Crippen LogP contribution in [-0.4, -0.2) is 41.4 Å². The van der Waals surface area contributed by atoms with Crippen LogP contribution in [0.5, 0.6) is 0 Å². The molecule has 26 heavy (non-hydrogen) atoms. The van der Waals surface area contributed by atoms with Gasteiger partial charge in [-0.3, -0.25) is 4.79 Å². The van der Waals surface area contributed by atoms with Crippen molar-refractivity contribution < 1.29 is 23.8 Å². The molecule has 138 valence electrons. The summed E-state index contributed by atoms with van der Waals surface area (Å²) in [7, 11) is 0. The van der Waals surface area contributed by atoms with Gasteiger partial charge in [0.05, 0.1) is 30.4 Å². The van der Waals surface area contributed by atoms with E-state index < -0.39 is 29.8 Å². The highest BCUT2D eigenvalue weighted by molar-refractivity contribution is 5.82. The lowest BCUT2D eigenvalue weighted by Gasteiger charge is -2.20. The summed E-state index contributed by atoms with van der Waals surface area (Å²) in [5.41, 5.74) is 0.862. The zero-order valence-corrected chi connectivity index (χ0v) is 14.0. The Labute approximate surface area is 149 Å². The highest BCUT2D eigenvalue weighted by atomic mass is 19.1. The minimum absolute atomic E-state index is 0.118. The largest absolute Gasteiger partial charge is 0.394 e. The molecule has 0 bridgehead atoms. The zero-order valence-electron chi connectivity index (χ0n) is 14.0. The predicted octanol–water partition coefficient (Wildman–Crippen LogP) is 1.50. The van der Waals surface area contributed by atoms with E-state index >= 15 is 0 Å². The van der Waals surface area contributed by atoms with Gasteiger partial charge in [-0.15, -0.1) is 0 Å². The monoisotopic (exact) mass is 362 g/mol. The van der Waals surface area contributed by atoms with E-state index in [4.69, 9.17) is 0 Å². The maximum Gasteiger partial charge on any atom is 0.237 e. The number of aliphatic hydroxyl groups excluding tert-OH is 2. The number of carbonyl (C=O) groups is 1. The highest BCUT2D eigenvalue weighted by Crippen LogP contribution is 2.27. The molecular weight excluding hydrogens is 342 g/mol. The summed E-state index contributed by atoms with van der Waals surface area (Å²) < 4.78 is 27.7. The maximum absolute atomic E-state index is 13.9. The third-order valence-electron chi connectivity index (χ3n) is 4.49. The lowest BCUT2D eigenvalue weighted by Crippen LogP contribution is -2.42. The number of β-amino-alcohol motifs (C(OH)–C–C–N with tert-alkyl or cyclic N) is 1. The first kappa shape index (κ1) is 18.4. The number of hydrogen-bond donors (Lipinski definition) is 4. The lowest BCUT2D eigenvalue weighted by atomic mass is 10.00. The first-order valence-corrected chi connectivity index (χ1v) is 8.36. The molecule has 0 aliphatic carbocycles. The van der Waals surface area contributed by atoms with Crippen LogP contribution in [0.4, 0.5) is 8.78 Å². The van der Waals surface area contributed by atoms with E-state index in [0.29, 0.717) is 24.1 Å². The average Bonchev–Trinajstić information content (AvgIpc) is 3.07. The fourth-order valence-electron chi connectivity index (χ4n) is 3.08. The maximum atomic E-state index is 13.9. The van der Waals surface area contributed by atoms with Crippen LogP contribution in [-0.2, 0) is 4.79 Å². The van der Waals surface area contributed by atoms with E-state index in [1.807, 2.05) is 0 Å². The first-order valence-electron chi connectivity index (χ1n) is 8.36. The van der Waals surface area contributed by atoms with Gasteiger partial charge in [-0.2, -0.15) is 0 Å². The molecule has 0 saturated carbocycles. The van der Waals surface area contributed by atoms with Crippen LogP contribution in [0.3, 0.4) is 0 Å². The summed E-state index contributed by atoms with van der Waals surface area (Å²) in [5.74, 6) is -1.63. The number of carbonyl (C=O) groups excluding carboxylic acids is 1. The minimum Gasteiger partial charge on any atom is -0.394 e. The summed E-state index contributed by atoms with van der Waals surface area (Å²) in [6, 6.07) is 8.82. The molecule has 1 aliphatic rings. The van der Waals surface area contributed by atoms with Crippen molar-refractivity contribution in [2.45, 2.75) is 24.6 Å². The molecule has 0 radical (unpaired) electrons. The SMILES string of the molecule is O=C(N[C@@H](CO)c1ccc(-c2c(F)cccc2F)cc1)[C@@H]1C[C@@H](O)CN1. The van der Waals surface area contributed by atoms with E-state index in [2.05, 4.69) is 10.6 Å². The Morgan fingerprint density at radius 3 is 2.38 bits per heavy atom. The fraction of sp³-hybridized carbons (Fsp3) is 0.316. The Morgan fingerprint density at radius 2 is 1.85 bits per heavy atom. The molecule has 1 fully saturated rings. The highest BCUT2D eigenvalue weighted by Gasteiger charge is 2.29. The number of aliphatic hydroxyl groups is 2. The normalized spacial score (nSPS) is 20.8. The van der Waals surface area contributed by atoms with Crippen molar-refractivity contribution in [2.24, 2.45) is 0 Å². The summed E-state index contributed by atoms with van der Waals surface area (Å²) in [6.45, 7) is 0.0270. The molecule has 5 nitrogen and oxygen atoms in total. The molecule has 3 rings (SSSR count). The van der Waals surface area contributed by atoms with E-state index in [1.54, 1.807) is 24.3 Å². The quantitative estimate of drug-likeness (QED) is 0.650. The number of benzene rings is 2. The van der Waals surface area contributed by atoms with Crippen LogP contribution in [0.25, 0.3) is 11.1 Å². The second-order valence-electron chi connectivity index (χ2n) is 6.31. The van der Waals surface area contributed by atoms with E-state index in [0.717, 1.165) is 0 Å². The Kier molecular flexibility index (Phi) is 5.61. The molecule has 3 atom stereocenters. The molecule has 7 heteroatoms. The molecule has 2 aromatic rings. The molecule has 1 heterocycles. The Morgan fingerprint density at radius 1 is 1.19 bits per heavy atom. The number of hydrogen-bond acceptors (Lipinski definition) is 4. The van der Waals surface area contributed by atoms with Crippen molar-refractivity contribution in [3.05, 3.63) is 59.7 Å². The van der Waals surface area contributed by atoms with Crippen LogP contribution in [0.2, 0.25) is 0 Å². The second kappa shape index (κ2) is 7.90. The van der Waals surface area contributed by atoms with E-state index in [1.165, 1.54) is 18.2 Å². The molecule has 4 N–H and O–H groups in total. The number of nitrogens with one attached hydrogen (secondary N) is 2. The fourth-order valence-corrected chi connectivity index (χ4v) is 3.08. The van der Waals surface area contributed by atoms with Gasteiger partial charge >= 0.3 is 0 Å². The summed E-state index contributed by atoms with van der Waals surface area (Å²) in [4.78, 5) is 12.2. The number of amides is 1. The van der Waals surface area contributed by atoms with Crippen LogP contribution in [0, 0.1) is 11.6 Å². The van der Waals surface area contributed by atoms with E-state index in [-0.39, 0.29) is 18.1 Å². The molecule has 0 aromatic heterocycles. The van der Waals surface area contributed by atoms with Crippen molar-refractivity contribution >= 4 is 5.91 Å². The average molecular weight is 362 g/mol. The number of halogens is 2. The Bertz CT molecular complexity index is 763. The summed E-state index contributed by atoms with van der Waals surface area (Å²) >= 11 is 0. The van der Waals surface area contributed by atoms with Crippen LogP contribution in [0.1, 0.15) is 18.0 Å². The molecule has 0 spiro atoms. The van der Waals surface area contributed by atoms with Crippen LogP contribution < -0.4 is 10.6 Å². The number of rotatable bonds is 5. The minimum atomic E-state index is -0.657. The van der Waals surface area contributed by atoms with Gasteiger partial charge in [-0.1, -0.05) is 30.3 Å². The lowest BCUT2D eigenvalue weighted by molar-refractivity contribution is -0.124. The molecular formula is C19H20F2N2O3. The van der Waals surface area contributed by atoms with Gasteiger partial charge in [-0.05, 0) is 29.7 Å². The first-order chi connectivity index (χ1) is 12.5. The molecule has 1 aliphatic heterocycles. The summed E-state index contributed by atoms with van der Waals surface area (Å²) in [5, 5.41) is 24.7. The third kappa shape index (κ3) is 3.90. The van der Waals surface area contributed by atoms with Crippen molar-refractivity contribution in [2.75, 3.05) is 13.2 Å². The van der Waals surface area contributed by atoms with Crippen molar-refractivity contribution in [3.8, 4) is 11.1 Å². The second-order valence-corrected chi connectivity index (χ2v) is 6.31. The summed E-state index contributed by atoms with van der Waals surface area (Å²) in [6.07, 6.45) is -0.247. The standard InChI is InChI=1S/C19H20F2N2O3/c20-14-2-1-3-15(21)18(14)12-6-4-11(5-7-12)17(10-24)23-19(26)16-8-13(25)9-22-16/h1-7,13,16-17,22,24-25H,8-10H2,(H,23,26)/t13-,16+,17+/m1/s1. The third-order valence-corrected chi connectivity index (χ3v) is 4.49. The van der Waals surface area contributed by atoms with Crippen LogP contribution >= 0.6 is 0 Å². The molecule has 0 unspecified atom stereocenters. The van der Waals surface area contributed by atoms with Crippen molar-refractivity contribution in [1.82, 2.24) is 10.6 Å². The topological polar surface area (TPSA) is 81.6 Å². The predicted molar refractivity (Wildman–Crippen MR) is 92.2 cm³/mol.